The second kappa shape index (κ2) is 6.27. The Labute approximate surface area is 117 Å². The van der Waals surface area contributed by atoms with E-state index in [9.17, 15) is 9.90 Å². The van der Waals surface area contributed by atoms with Crippen LogP contribution in [0.5, 0.6) is 0 Å². The van der Waals surface area contributed by atoms with E-state index in [1.807, 2.05) is 0 Å². The van der Waals surface area contributed by atoms with Crippen LogP contribution in [0.2, 0.25) is 0 Å². The molecule has 1 fully saturated rings. The van der Waals surface area contributed by atoms with Gasteiger partial charge in [0.05, 0.1) is 25.0 Å². The summed E-state index contributed by atoms with van der Waals surface area (Å²) in [5, 5.41) is 27.7. The molecule has 0 aromatic carbocycles. The standard InChI is InChI=1S/C14H19NO5/c1-8(16)2-3-9-6-10-11(14(9)19)7-12(10)15-20-5-4-13(17)18/h8-9,11,14-16,19H,4-7H2,1H3,(H,17,18). The maximum absolute atomic E-state index is 10.3. The number of rotatable bonds is 5. The number of carboxylic acid groups (broad SMARTS) is 1. The minimum Gasteiger partial charge on any atom is -0.481 e. The van der Waals surface area contributed by atoms with Gasteiger partial charge in [-0.15, -0.1) is 0 Å². The highest BCUT2D eigenvalue weighted by atomic mass is 16.6. The predicted molar refractivity (Wildman–Crippen MR) is 70.0 cm³/mol. The lowest BCUT2D eigenvalue weighted by atomic mass is 9.83. The summed E-state index contributed by atoms with van der Waals surface area (Å²) in [5.41, 5.74) is 4.77. The van der Waals surface area contributed by atoms with Gasteiger partial charge in [0.25, 0.3) is 0 Å². The van der Waals surface area contributed by atoms with Gasteiger partial charge in [-0.3, -0.25) is 15.1 Å². The average molecular weight is 281 g/mol. The highest BCUT2D eigenvalue weighted by Gasteiger charge is 2.45. The van der Waals surface area contributed by atoms with Crippen LogP contribution >= 0.6 is 0 Å². The summed E-state index contributed by atoms with van der Waals surface area (Å²) < 4.78 is 0. The van der Waals surface area contributed by atoms with Crippen LogP contribution < -0.4 is 5.48 Å². The van der Waals surface area contributed by atoms with E-state index in [0.717, 1.165) is 11.3 Å². The van der Waals surface area contributed by atoms with Gasteiger partial charge in [0.1, 0.15) is 6.10 Å². The van der Waals surface area contributed by atoms with Gasteiger partial charge in [-0.25, -0.2) is 0 Å². The molecule has 1 saturated carbocycles. The predicted octanol–water partition coefficient (Wildman–Crippen LogP) is 0.0213. The number of hydroxylamine groups is 1. The van der Waals surface area contributed by atoms with Crippen molar-refractivity contribution in [1.82, 2.24) is 5.48 Å². The van der Waals surface area contributed by atoms with Gasteiger partial charge >= 0.3 is 5.97 Å². The van der Waals surface area contributed by atoms with Crippen molar-refractivity contribution in [2.45, 2.75) is 38.4 Å². The summed E-state index contributed by atoms with van der Waals surface area (Å²) in [6, 6.07) is 0. The second-order valence-electron chi connectivity index (χ2n) is 5.17. The van der Waals surface area contributed by atoms with E-state index in [0.29, 0.717) is 12.8 Å². The van der Waals surface area contributed by atoms with Gasteiger partial charge in [0.2, 0.25) is 0 Å². The van der Waals surface area contributed by atoms with Crippen LogP contribution in [0.4, 0.5) is 0 Å². The minimum atomic E-state index is -0.902. The highest BCUT2D eigenvalue weighted by Crippen LogP contribution is 2.48. The van der Waals surface area contributed by atoms with Gasteiger partial charge in [-0.05, 0) is 25.3 Å². The van der Waals surface area contributed by atoms with E-state index < -0.39 is 18.2 Å². The van der Waals surface area contributed by atoms with Gasteiger partial charge in [-0.2, -0.15) is 0 Å². The zero-order valence-corrected chi connectivity index (χ0v) is 11.3. The van der Waals surface area contributed by atoms with Crippen molar-refractivity contribution in [2.24, 2.45) is 11.8 Å². The Balaban J connectivity index is 1.85. The fourth-order valence-corrected chi connectivity index (χ4v) is 2.55. The van der Waals surface area contributed by atoms with Gasteiger partial charge < -0.3 is 15.3 Å². The molecular weight excluding hydrogens is 262 g/mol. The van der Waals surface area contributed by atoms with E-state index in [-0.39, 0.29) is 24.9 Å². The van der Waals surface area contributed by atoms with Crippen molar-refractivity contribution in [1.29, 1.82) is 0 Å². The fourth-order valence-electron chi connectivity index (χ4n) is 2.55. The Morgan fingerprint density at radius 2 is 2.30 bits per heavy atom. The van der Waals surface area contributed by atoms with Crippen molar-refractivity contribution in [2.75, 3.05) is 6.61 Å². The van der Waals surface area contributed by atoms with Gasteiger partial charge in [0.15, 0.2) is 0 Å². The van der Waals surface area contributed by atoms with Crippen LogP contribution in [-0.2, 0) is 9.63 Å². The first-order valence-corrected chi connectivity index (χ1v) is 6.67. The number of fused-ring (bicyclic) bond motifs is 1. The molecule has 0 aliphatic heterocycles. The number of aliphatic carboxylic acids is 1. The molecule has 0 amide bonds. The maximum Gasteiger partial charge on any atom is 0.305 e. The molecule has 110 valence electrons. The summed E-state index contributed by atoms with van der Waals surface area (Å²) >= 11 is 0. The van der Waals surface area contributed by atoms with E-state index in [1.165, 1.54) is 0 Å². The first-order valence-electron chi connectivity index (χ1n) is 6.67. The Bertz CT molecular complexity index is 474. The Hall–Kier alpha value is -1.55. The number of nitrogens with one attached hydrogen (secondary N) is 1. The molecule has 0 saturated heterocycles. The van der Waals surface area contributed by atoms with Crippen molar-refractivity contribution in [3.05, 3.63) is 11.3 Å². The van der Waals surface area contributed by atoms with Crippen LogP contribution in [0.25, 0.3) is 0 Å². The lowest BCUT2D eigenvalue weighted by molar-refractivity contribution is -0.138. The smallest absolute Gasteiger partial charge is 0.305 e. The zero-order chi connectivity index (χ0) is 14.7. The third-order valence-electron chi connectivity index (χ3n) is 3.61. The average Bonchev–Trinajstić information content (AvgIpc) is 2.58. The number of hydrogen-bond donors (Lipinski definition) is 4. The number of aliphatic hydroxyl groups excluding tert-OH is 2. The number of aliphatic hydroxyl groups is 2. The number of carbonyl (C=O) groups is 1. The van der Waals surface area contributed by atoms with Gasteiger partial charge in [0, 0.05) is 11.6 Å². The van der Waals surface area contributed by atoms with Crippen molar-refractivity contribution in [3.8, 4) is 11.8 Å². The maximum atomic E-state index is 10.3. The molecule has 6 nitrogen and oxygen atoms in total. The van der Waals surface area contributed by atoms with Crippen LogP contribution in [0.3, 0.4) is 0 Å². The van der Waals surface area contributed by atoms with Crippen LogP contribution in [0, 0.1) is 23.7 Å². The SMILES string of the molecule is CC(O)C#CC1CC2=C(NOCCC(=O)O)CC2C1O. The normalized spacial score (nSPS) is 29.1. The monoisotopic (exact) mass is 281 g/mol. The summed E-state index contributed by atoms with van der Waals surface area (Å²) in [6.07, 6.45) is 0.115. The Kier molecular flexibility index (Phi) is 4.65. The number of hydrogen-bond acceptors (Lipinski definition) is 5. The third-order valence-corrected chi connectivity index (χ3v) is 3.61. The Morgan fingerprint density at radius 3 is 2.95 bits per heavy atom. The molecule has 4 N–H and O–H groups in total. The second-order valence-corrected chi connectivity index (χ2v) is 5.17. The van der Waals surface area contributed by atoms with E-state index >= 15 is 0 Å². The molecule has 2 rings (SSSR count). The van der Waals surface area contributed by atoms with Crippen LogP contribution in [0.15, 0.2) is 11.3 Å². The number of carboxylic acids is 1. The largest absolute Gasteiger partial charge is 0.481 e. The summed E-state index contributed by atoms with van der Waals surface area (Å²) in [6.45, 7) is 1.69. The third kappa shape index (κ3) is 3.31. The summed E-state index contributed by atoms with van der Waals surface area (Å²) in [4.78, 5) is 15.4. The van der Waals surface area contributed by atoms with Crippen LogP contribution in [-0.4, -0.2) is 40.1 Å². The molecule has 20 heavy (non-hydrogen) atoms. The fraction of sp³-hybridized carbons (Fsp3) is 0.643. The first-order chi connectivity index (χ1) is 9.49. The topological polar surface area (TPSA) is 99.0 Å². The summed E-state index contributed by atoms with van der Waals surface area (Å²) in [5.74, 6) is 4.63. The highest BCUT2D eigenvalue weighted by molar-refractivity contribution is 5.66. The molecule has 4 atom stereocenters. The lowest BCUT2D eigenvalue weighted by Gasteiger charge is -2.30. The lowest BCUT2D eigenvalue weighted by Crippen LogP contribution is -2.32. The van der Waals surface area contributed by atoms with Crippen LogP contribution in [0.1, 0.15) is 26.2 Å². The molecule has 4 unspecified atom stereocenters. The Morgan fingerprint density at radius 1 is 1.55 bits per heavy atom. The molecule has 0 bridgehead atoms. The molecule has 0 heterocycles. The number of allylic oxidation sites excluding steroid dienone is 1. The molecule has 2 aliphatic carbocycles. The first kappa shape index (κ1) is 14.9. The van der Waals surface area contributed by atoms with Crippen molar-refractivity contribution < 1.29 is 25.0 Å². The molecule has 0 aromatic heterocycles. The molecule has 6 heteroatoms. The van der Waals surface area contributed by atoms with E-state index in [2.05, 4.69) is 17.3 Å². The van der Waals surface area contributed by atoms with E-state index in [4.69, 9.17) is 15.1 Å². The van der Waals surface area contributed by atoms with Crippen molar-refractivity contribution >= 4 is 5.97 Å². The van der Waals surface area contributed by atoms with Gasteiger partial charge in [-0.1, -0.05) is 11.8 Å². The molecule has 0 spiro atoms. The molecular formula is C14H19NO5. The van der Waals surface area contributed by atoms with E-state index in [1.54, 1.807) is 6.92 Å². The zero-order valence-electron chi connectivity index (χ0n) is 11.3. The quantitative estimate of drug-likeness (QED) is 0.322. The molecule has 0 aromatic rings. The molecule has 2 aliphatic rings. The summed E-state index contributed by atoms with van der Waals surface area (Å²) in [7, 11) is 0. The molecule has 0 radical (unpaired) electrons. The van der Waals surface area contributed by atoms with Crippen molar-refractivity contribution in [3.63, 3.8) is 0 Å². The minimum absolute atomic E-state index is 0.0514.